The van der Waals surface area contributed by atoms with E-state index in [-0.39, 0.29) is 5.78 Å². The molecule has 1 rings (SSSR count). The summed E-state index contributed by atoms with van der Waals surface area (Å²) in [4.78, 5) is 16.1. The average Bonchev–Trinajstić information content (AvgIpc) is 2.36. The Morgan fingerprint density at radius 1 is 1.42 bits per heavy atom. The van der Waals surface area contributed by atoms with Gasteiger partial charge in [0.15, 0.2) is 0 Å². The fourth-order valence-electron chi connectivity index (χ4n) is 1.89. The molecule has 4 heteroatoms. The second kappa shape index (κ2) is 7.24. The molecule has 0 saturated heterocycles. The normalized spacial score (nSPS) is 12.9. The van der Waals surface area contributed by atoms with Crippen molar-refractivity contribution < 1.29 is 9.53 Å². The number of allylic oxidation sites excluding steroid dienone is 1. The zero-order valence-electron chi connectivity index (χ0n) is 11.4. The summed E-state index contributed by atoms with van der Waals surface area (Å²) >= 11 is 3.39. The summed E-state index contributed by atoms with van der Waals surface area (Å²) < 4.78 is 6.37. The van der Waals surface area contributed by atoms with Gasteiger partial charge in [-0.05, 0) is 31.5 Å². The van der Waals surface area contributed by atoms with Gasteiger partial charge in [0.2, 0.25) is 0 Å². The number of hydrogen-bond acceptors (Lipinski definition) is 3. The highest BCUT2D eigenvalue weighted by atomic mass is 79.9. The van der Waals surface area contributed by atoms with Gasteiger partial charge in [0, 0.05) is 11.5 Å². The molecule has 0 fully saturated rings. The molecule has 0 aliphatic carbocycles. The van der Waals surface area contributed by atoms with Crippen LogP contribution in [0.3, 0.4) is 0 Å². The van der Waals surface area contributed by atoms with Crippen LogP contribution in [0.5, 0.6) is 0 Å². The number of aliphatic imine (C=N–C) groups is 1. The summed E-state index contributed by atoms with van der Waals surface area (Å²) in [5.41, 5.74) is 1.57. The molecule has 0 N–H and O–H groups in total. The summed E-state index contributed by atoms with van der Waals surface area (Å²) in [7, 11) is 1.67. The van der Waals surface area contributed by atoms with Crippen molar-refractivity contribution in [1.29, 1.82) is 0 Å². The van der Waals surface area contributed by atoms with Gasteiger partial charge < -0.3 is 4.74 Å². The highest BCUT2D eigenvalue weighted by Crippen LogP contribution is 2.21. The van der Waals surface area contributed by atoms with Crippen molar-refractivity contribution in [3.63, 3.8) is 0 Å². The van der Waals surface area contributed by atoms with Crippen molar-refractivity contribution in [2.75, 3.05) is 13.7 Å². The van der Waals surface area contributed by atoms with Gasteiger partial charge in [-0.2, -0.15) is 0 Å². The third kappa shape index (κ3) is 4.03. The molecule has 102 valence electrons. The Kier molecular flexibility index (Phi) is 5.96. The number of nitrogens with zero attached hydrogens (tertiary/aromatic N) is 1. The zero-order valence-corrected chi connectivity index (χ0v) is 13.0. The van der Waals surface area contributed by atoms with E-state index in [0.29, 0.717) is 18.1 Å². The van der Waals surface area contributed by atoms with E-state index in [4.69, 9.17) is 4.74 Å². The summed E-state index contributed by atoms with van der Waals surface area (Å²) in [6.07, 6.45) is 0. The Morgan fingerprint density at radius 2 is 2.00 bits per heavy atom. The first-order valence-electron chi connectivity index (χ1n) is 6.05. The van der Waals surface area contributed by atoms with Crippen LogP contribution < -0.4 is 0 Å². The molecule has 3 nitrogen and oxygen atoms in total. The fraction of sp³-hybridized carbons (Fsp3) is 0.333. The molecule has 1 aromatic carbocycles. The minimum absolute atomic E-state index is 0.0260. The maximum absolute atomic E-state index is 11.9. The maximum atomic E-state index is 11.9. The minimum atomic E-state index is -0.522. The molecule has 0 bridgehead atoms. The molecule has 0 spiro atoms. The van der Waals surface area contributed by atoms with E-state index in [1.54, 1.807) is 7.05 Å². The van der Waals surface area contributed by atoms with Gasteiger partial charge in [-0.25, -0.2) is 0 Å². The van der Waals surface area contributed by atoms with Gasteiger partial charge in [-0.1, -0.05) is 34.6 Å². The van der Waals surface area contributed by atoms with Gasteiger partial charge in [0.1, 0.15) is 17.5 Å². The summed E-state index contributed by atoms with van der Waals surface area (Å²) in [6, 6.07) is 7.67. The maximum Gasteiger partial charge on any atom is 0.146 e. The topological polar surface area (TPSA) is 38.7 Å². The number of Topliss-reactive ketones (excluding diaryl/α,β-unsaturated/α-hetero) is 1. The molecule has 19 heavy (non-hydrogen) atoms. The molecular formula is C15H18BrNO2. The van der Waals surface area contributed by atoms with E-state index in [1.165, 1.54) is 6.92 Å². The van der Waals surface area contributed by atoms with Gasteiger partial charge >= 0.3 is 0 Å². The highest BCUT2D eigenvalue weighted by molar-refractivity contribution is 9.10. The lowest BCUT2D eigenvalue weighted by atomic mass is 9.92. The molecule has 0 radical (unpaired) electrons. The monoisotopic (exact) mass is 323 g/mol. The molecule has 0 amide bonds. The second-order valence-corrected chi connectivity index (χ2v) is 4.97. The molecular weight excluding hydrogens is 306 g/mol. The van der Waals surface area contributed by atoms with Gasteiger partial charge in [0.05, 0.1) is 12.3 Å². The first-order chi connectivity index (χ1) is 9.01. The van der Waals surface area contributed by atoms with Crippen LogP contribution >= 0.6 is 15.9 Å². The zero-order chi connectivity index (χ0) is 14.4. The lowest BCUT2D eigenvalue weighted by Gasteiger charge is -2.19. The number of ketones is 1. The van der Waals surface area contributed by atoms with Crippen molar-refractivity contribution in [3.05, 3.63) is 46.6 Å². The van der Waals surface area contributed by atoms with Crippen molar-refractivity contribution in [2.45, 2.75) is 13.8 Å². The van der Waals surface area contributed by atoms with E-state index >= 15 is 0 Å². The SMILES string of the molecule is C=C(OCC)C(C(C)=O)/C(=N/C)c1ccc(Br)cc1. The first-order valence-corrected chi connectivity index (χ1v) is 6.85. The molecule has 1 aromatic rings. The van der Waals surface area contributed by atoms with Gasteiger partial charge in [-0.15, -0.1) is 0 Å². The van der Waals surface area contributed by atoms with Crippen LogP contribution in [0.15, 0.2) is 46.1 Å². The Bertz CT molecular complexity index is 491. The number of carbonyl (C=O) groups is 1. The van der Waals surface area contributed by atoms with Crippen LogP contribution in [0, 0.1) is 5.92 Å². The van der Waals surface area contributed by atoms with Crippen LogP contribution in [-0.2, 0) is 9.53 Å². The number of hydrogen-bond donors (Lipinski definition) is 0. The smallest absolute Gasteiger partial charge is 0.146 e. The van der Waals surface area contributed by atoms with E-state index in [2.05, 4.69) is 27.5 Å². The third-order valence-electron chi connectivity index (χ3n) is 2.71. The second-order valence-electron chi connectivity index (χ2n) is 4.06. The fourth-order valence-corrected chi connectivity index (χ4v) is 2.15. The average molecular weight is 324 g/mol. The van der Waals surface area contributed by atoms with E-state index in [9.17, 15) is 4.79 Å². The van der Waals surface area contributed by atoms with E-state index < -0.39 is 5.92 Å². The van der Waals surface area contributed by atoms with Crippen LogP contribution in [0.25, 0.3) is 0 Å². The van der Waals surface area contributed by atoms with E-state index in [1.807, 2.05) is 31.2 Å². The van der Waals surface area contributed by atoms with Crippen molar-refractivity contribution in [2.24, 2.45) is 10.9 Å². The molecule has 0 heterocycles. The standard InChI is InChI=1S/C15H18BrNO2/c1-5-19-11(3)14(10(2)18)15(17-4)12-6-8-13(16)9-7-12/h6-9,14H,3,5H2,1-2,4H3/b17-15+. The van der Waals surface area contributed by atoms with Crippen LogP contribution in [0.1, 0.15) is 19.4 Å². The Morgan fingerprint density at radius 3 is 2.42 bits per heavy atom. The highest BCUT2D eigenvalue weighted by Gasteiger charge is 2.26. The third-order valence-corrected chi connectivity index (χ3v) is 3.24. The van der Waals surface area contributed by atoms with Gasteiger partial charge in [-0.3, -0.25) is 9.79 Å². The quantitative estimate of drug-likeness (QED) is 0.592. The van der Waals surface area contributed by atoms with Crippen molar-refractivity contribution in [3.8, 4) is 0 Å². The number of ether oxygens (including phenoxy) is 1. The molecule has 1 unspecified atom stereocenters. The predicted molar refractivity (Wildman–Crippen MR) is 81.5 cm³/mol. The summed E-state index contributed by atoms with van der Waals surface area (Å²) in [5, 5.41) is 0. The Balaban J connectivity index is 3.15. The molecule has 0 aliphatic rings. The number of benzene rings is 1. The Labute approximate surface area is 122 Å². The Hall–Kier alpha value is -1.42. The molecule has 0 aliphatic heterocycles. The van der Waals surface area contributed by atoms with Crippen LogP contribution in [0.2, 0.25) is 0 Å². The lowest BCUT2D eigenvalue weighted by molar-refractivity contribution is -0.118. The van der Waals surface area contributed by atoms with Crippen LogP contribution in [0.4, 0.5) is 0 Å². The summed E-state index contributed by atoms with van der Waals surface area (Å²) in [6.45, 7) is 7.72. The largest absolute Gasteiger partial charge is 0.498 e. The predicted octanol–water partition coefficient (Wildman–Crippen LogP) is 3.62. The van der Waals surface area contributed by atoms with Crippen molar-refractivity contribution in [1.82, 2.24) is 0 Å². The molecule has 0 aromatic heterocycles. The molecule has 1 atom stereocenters. The number of carbonyl (C=O) groups excluding carboxylic acids is 1. The van der Waals surface area contributed by atoms with Crippen molar-refractivity contribution >= 4 is 27.4 Å². The lowest BCUT2D eigenvalue weighted by Crippen LogP contribution is -2.26. The van der Waals surface area contributed by atoms with Crippen LogP contribution in [-0.4, -0.2) is 25.1 Å². The number of rotatable bonds is 6. The number of halogens is 1. The minimum Gasteiger partial charge on any atom is -0.498 e. The first kappa shape index (κ1) is 15.6. The summed E-state index contributed by atoms with van der Waals surface area (Å²) in [5.74, 6) is -0.105. The molecule has 0 saturated carbocycles. The van der Waals surface area contributed by atoms with Gasteiger partial charge in [0.25, 0.3) is 0 Å². The van der Waals surface area contributed by atoms with E-state index in [0.717, 1.165) is 10.0 Å².